The summed E-state index contributed by atoms with van der Waals surface area (Å²) in [5.74, 6) is 0. The number of carbonyl (C=O) groups is 1. The van der Waals surface area contributed by atoms with Crippen LogP contribution in [0.2, 0.25) is 5.02 Å². The first-order valence-corrected chi connectivity index (χ1v) is 10.3. The normalized spacial score (nSPS) is 18.7. The van der Waals surface area contributed by atoms with Gasteiger partial charge in [-0.1, -0.05) is 17.7 Å². The zero-order valence-corrected chi connectivity index (χ0v) is 19.8. The van der Waals surface area contributed by atoms with Crippen LogP contribution in [0.4, 0.5) is 4.79 Å². The predicted molar refractivity (Wildman–Crippen MR) is 119 cm³/mol. The van der Waals surface area contributed by atoms with Crippen LogP contribution in [0.15, 0.2) is 17.6 Å². The highest BCUT2D eigenvalue weighted by Gasteiger charge is 2.52. The Morgan fingerprint density at radius 1 is 1.14 bits per heavy atom. The summed E-state index contributed by atoms with van der Waals surface area (Å²) in [6.45, 7) is 17.8. The molecule has 1 saturated heterocycles. The number of amides is 1. The van der Waals surface area contributed by atoms with E-state index in [0.29, 0.717) is 5.02 Å². The fraction of sp³-hybridized carbons (Fsp3) is 0.591. The van der Waals surface area contributed by atoms with E-state index in [0.717, 1.165) is 22.2 Å². The van der Waals surface area contributed by atoms with E-state index in [9.17, 15) is 4.79 Å². The number of hydrogen-bond donors (Lipinski definition) is 1. The first-order chi connectivity index (χ1) is 13.1. The molecule has 1 amide bonds. The topological polar surface area (TPSA) is 56.8 Å². The first-order valence-electron chi connectivity index (χ1n) is 9.91. The molecule has 1 aliphatic heterocycles. The maximum Gasteiger partial charge on any atom is 0.492 e. The number of benzene rings is 1. The van der Waals surface area contributed by atoms with Crippen molar-refractivity contribution in [3.8, 4) is 0 Å². The predicted octanol–water partition coefficient (Wildman–Crippen LogP) is 5.50. The lowest BCUT2D eigenvalue weighted by atomic mass is 9.76. The van der Waals surface area contributed by atoms with Crippen molar-refractivity contribution in [3.63, 3.8) is 0 Å². The lowest BCUT2D eigenvalue weighted by Gasteiger charge is -2.32. The third kappa shape index (κ3) is 6.00. The van der Waals surface area contributed by atoms with E-state index >= 15 is 0 Å². The summed E-state index contributed by atoms with van der Waals surface area (Å²) >= 11 is 6.18. The van der Waals surface area contributed by atoms with Crippen molar-refractivity contribution in [2.75, 3.05) is 6.54 Å². The summed E-state index contributed by atoms with van der Waals surface area (Å²) in [5, 5.41) is 3.52. The molecule has 160 valence electrons. The zero-order chi connectivity index (χ0) is 22.2. The number of halogens is 1. The summed E-state index contributed by atoms with van der Waals surface area (Å²) in [5.41, 5.74) is 2.40. The van der Waals surface area contributed by atoms with Gasteiger partial charge in [0.25, 0.3) is 0 Å². The van der Waals surface area contributed by atoms with Crippen LogP contribution in [0.1, 0.15) is 65.2 Å². The molecule has 1 N–H and O–H groups in total. The summed E-state index contributed by atoms with van der Waals surface area (Å²) in [6, 6.07) is 3.84. The highest BCUT2D eigenvalue weighted by Crippen LogP contribution is 2.39. The maximum atomic E-state index is 12.2. The number of nitrogens with one attached hydrogen (secondary N) is 1. The van der Waals surface area contributed by atoms with E-state index in [-0.39, 0.29) is 6.54 Å². The fourth-order valence-electron chi connectivity index (χ4n) is 3.02. The van der Waals surface area contributed by atoms with Gasteiger partial charge in [0, 0.05) is 11.6 Å². The average molecular weight is 422 g/mol. The highest BCUT2D eigenvalue weighted by molar-refractivity contribution is 6.56. The standard InChI is InChI=1S/C22H33BClNO4/c1-14-10-17(24)11-15(2)18(14)12-16(13-25-19(26)27-20(3,4)5)23-28-21(6,7)22(8,9)29-23/h10-12H,13H2,1-9H3,(H,25,26). The highest BCUT2D eigenvalue weighted by atomic mass is 35.5. The van der Waals surface area contributed by atoms with Crippen molar-refractivity contribution >= 4 is 30.9 Å². The lowest BCUT2D eigenvalue weighted by molar-refractivity contribution is 0.00578. The number of rotatable bonds is 4. The molecule has 1 aromatic rings. The molecule has 1 fully saturated rings. The van der Waals surface area contributed by atoms with Crippen LogP contribution in [-0.4, -0.2) is 36.6 Å². The summed E-state index contributed by atoms with van der Waals surface area (Å²) < 4.78 is 17.8. The van der Waals surface area contributed by atoms with Gasteiger partial charge < -0.3 is 19.4 Å². The molecule has 0 saturated carbocycles. The minimum Gasteiger partial charge on any atom is -0.444 e. The molecule has 0 radical (unpaired) electrons. The van der Waals surface area contributed by atoms with Gasteiger partial charge >= 0.3 is 13.2 Å². The quantitative estimate of drug-likeness (QED) is 0.652. The largest absolute Gasteiger partial charge is 0.492 e. The van der Waals surface area contributed by atoms with Gasteiger partial charge in [-0.25, -0.2) is 4.79 Å². The van der Waals surface area contributed by atoms with Crippen molar-refractivity contribution in [2.24, 2.45) is 0 Å². The third-order valence-electron chi connectivity index (χ3n) is 5.28. The Morgan fingerprint density at radius 3 is 2.07 bits per heavy atom. The molecular weight excluding hydrogens is 389 g/mol. The van der Waals surface area contributed by atoms with E-state index in [1.54, 1.807) is 0 Å². The van der Waals surface area contributed by atoms with Crippen LogP contribution >= 0.6 is 11.6 Å². The maximum absolute atomic E-state index is 12.2. The van der Waals surface area contributed by atoms with Crippen LogP contribution in [0.5, 0.6) is 0 Å². The minimum absolute atomic E-state index is 0.243. The van der Waals surface area contributed by atoms with Gasteiger partial charge in [0.2, 0.25) is 0 Å². The van der Waals surface area contributed by atoms with Crippen molar-refractivity contribution in [2.45, 2.75) is 79.1 Å². The van der Waals surface area contributed by atoms with Crippen molar-refractivity contribution in [3.05, 3.63) is 39.3 Å². The molecule has 1 aliphatic rings. The van der Waals surface area contributed by atoms with Gasteiger partial charge in [0.15, 0.2) is 0 Å². The van der Waals surface area contributed by atoms with Gasteiger partial charge in [-0.15, -0.1) is 0 Å². The molecule has 0 aromatic heterocycles. The van der Waals surface area contributed by atoms with E-state index in [4.69, 9.17) is 25.6 Å². The van der Waals surface area contributed by atoms with Crippen molar-refractivity contribution in [1.29, 1.82) is 0 Å². The van der Waals surface area contributed by atoms with Crippen LogP contribution in [0.3, 0.4) is 0 Å². The summed E-state index contributed by atoms with van der Waals surface area (Å²) in [7, 11) is -0.579. The van der Waals surface area contributed by atoms with Gasteiger partial charge in [-0.05, 0) is 96.6 Å². The lowest BCUT2D eigenvalue weighted by Crippen LogP contribution is -2.41. The number of carbonyl (C=O) groups excluding carboxylic acids is 1. The second-order valence-corrected chi connectivity index (χ2v) is 10.1. The van der Waals surface area contributed by atoms with E-state index < -0.39 is 30.0 Å². The Morgan fingerprint density at radius 2 is 1.62 bits per heavy atom. The molecular formula is C22H33BClNO4. The Balaban J connectivity index is 2.36. The first kappa shape index (κ1) is 23.8. The molecule has 5 nitrogen and oxygen atoms in total. The van der Waals surface area contributed by atoms with Crippen molar-refractivity contribution in [1.82, 2.24) is 5.32 Å². The average Bonchev–Trinajstić information content (AvgIpc) is 2.71. The smallest absolute Gasteiger partial charge is 0.444 e. The fourth-order valence-corrected chi connectivity index (χ4v) is 3.35. The van der Waals surface area contributed by atoms with Gasteiger partial charge in [0.05, 0.1) is 11.2 Å². The van der Waals surface area contributed by atoms with E-state index in [1.165, 1.54) is 0 Å². The number of aryl methyl sites for hydroxylation is 2. The Bertz CT molecular complexity index is 773. The molecule has 29 heavy (non-hydrogen) atoms. The molecule has 0 aliphatic carbocycles. The van der Waals surface area contributed by atoms with Crippen LogP contribution in [-0.2, 0) is 14.0 Å². The SMILES string of the molecule is Cc1cc(Cl)cc(C)c1C=C(CNC(=O)OC(C)(C)C)B1OC(C)(C)C(C)(C)O1. The summed E-state index contributed by atoms with van der Waals surface area (Å²) in [4.78, 5) is 12.2. The molecule has 1 aromatic carbocycles. The summed E-state index contributed by atoms with van der Waals surface area (Å²) in [6.07, 6.45) is 1.53. The second kappa shape index (κ2) is 8.33. The van der Waals surface area contributed by atoms with Crippen LogP contribution in [0, 0.1) is 13.8 Å². The zero-order valence-electron chi connectivity index (χ0n) is 19.0. The van der Waals surface area contributed by atoms with Crippen LogP contribution in [0.25, 0.3) is 6.08 Å². The van der Waals surface area contributed by atoms with Gasteiger partial charge in [0.1, 0.15) is 5.60 Å². The molecule has 7 heteroatoms. The Hall–Kier alpha value is -1.50. The van der Waals surface area contributed by atoms with Gasteiger partial charge in [-0.3, -0.25) is 0 Å². The minimum atomic E-state index is -0.579. The molecule has 1 heterocycles. The number of alkyl carbamates (subject to hydrolysis) is 1. The molecule has 0 bridgehead atoms. The van der Waals surface area contributed by atoms with E-state index in [2.05, 4.69) is 5.32 Å². The third-order valence-corrected chi connectivity index (χ3v) is 5.50. The van der Waals surface area contributed by atoms with E-state index in [1.807, 2.05) is 80.5 Å². The van der Waals surface area contributed by atoms with Crippen LogP contribution < -0.4 is 5.32 Å². The Kier molecular flexibility index (Phi) is 6.83. The van der Waals surface area contributed by atoms with Crippen molar-refractivity contribution < 1.29 is 18.8 Å². The molecule has 2 rings (SSSR count). The monoisotopic (exact) mass is 421 g/mol. The number of hydrogen-bond acceptors (Lipinski definition) is 4. The number of ether oxygens (including phenoxy) is 1. The Labute approximate surface area is 180 Å². The molecule has 0 spiro atoms. The molecule has 0 unspecified atom stereocenters. The molecule has 0 atom stereocenters. The second-order valence-electron chi connectivity index (χ2n) is 9.62. The van der Waals surface area contributed by atoms with Gasteiger partial charge in [-0.2, -0.15) is 0 Å².